The lowest BCUT2D eigenvalue weighted by atomic mass is 10.1. The minimum absolute atomic E-state index is 0.682. The predicted octanol–water partition coefficient (Wildman–Crippen LogP) is 1.78. The summed E-state index contributed by atoms with van der Waals surface area (Å²) in [5, 5.41) is 22.1. The molecule has 0 fully saturated rings. The molecule has 0 unspecified atom stereocenters. The molecule has 0 saturated heterocycles. The topological polar surface area (TPSA) is 86.9 Å². The van der Waals surface area contributed by atoms with E-state index in [1.165, 1.54) is 11.3 Å². The molecule has 112 valence electrons. The summed E-state index contributed by atoms with van der Waals surface area (Å²) < 4.78 is 8.69. The number of rotatable bonds is 3. The number of aromatic nitrogens is 7. The molecule has 0 aromatic carbocycles. The molecule has 4 rings (SSSR count). The molecule has 4 aromatic heterocycles. The molecule has 8 nitrogen and oxygen atoms in total. The van der Waals surface area contributed by atoms with Gasteiger partial charge in [-0.1, -0.05) is 16.5 Å². The first-order valence-corrected chi connectivity index (χ1v) is 7.55. The molecule has 4 aromatic rings. The molecule has 0 atom stereocenters. The Hall–Kier alpha value is -2.55. The van der Waals surface area contributed by atoms with Crippen molar-refractivity contribution in [2.45, 2.75) is 20.3 Å². The normalized spacial score (nSPS) is 11.6. The maximum absolute atomic E-state index is 5.20. The Bertz CT molecular complexity index is 941. The Balaban J connectivity index is 1.74. The number of hydrogen-bond acceptors (Lipinski definition) is 7. The highest BCUT2D eigenvalue weighted by Crippen LogP contribution is 2.24. The van der Waals surface area contributed by atoms with Gasteiger partial charge in [-0.05, 0) is 13.8 Å². The van der Waals surface area contributed by atoms with Gasteiger partial charge in [0.2, 0.25) is 4.96 Å². The van der Waals surface area contributed by atoms with Crippen LogP contribution in [-0.2, 0) is 13.5 Å². The van der Waals surface area contributed by atoms with Crippen LogP contribution in [0.25, 0.3) is 16.3 Å². The van der Waals surface area contributed by atoms with Crippen LogP contribution in [0.5, 0.6) is 0 Å². The number of nitrogens with zero attached hydrogens (tertiary/aromatic N) is 7. The Labute approximate surface area is 129 Å². The quantitative estimate of drug-likeness (QED) is 0.573. The molecular weight excluding hydrogens is 302 g/mol. The van der Waals surface area contributed by atoms with Crippen LogP contribution in [0, 0.1) is 13.8 Å². The first-order chi connectivity index (χ1) is 10.6. The third kappa shape index (κ3) is 2.01. The predicted molar refractivity (Wildman–Crippen MR) is 79.6 cm³/mol. The second kappa shape index (κ2) is 4.73. The Kier molecular flexibility index (Phi) is 2.83. The Morgan fingerprint density at radius 3 is 2.82 bits per heavy atom. The average Bonchev–Trinajstić information content (AvgIpc) is 3.21. The van der Waals surface area contributed by atoms with Crippen LogP contribution in [0.2, 0.25) is 0 Å². The van der Waals surface area contributed by atoms with Gasteiger partial charge in [-0.2, -0.15) is 14.7 Å². The minimum atomic E-state index is 0.682. The van der Waals surface area contributed by atoms with Crippen LogP contribution >= 0.6 is 11.3 Å². The molecule has 22 heavy (non-hydrogen) atoms. The van der Waals surface area contributed by atoms with E-state index in [-0.39, 0.29) is 0 Å². The molecule has 4 heterocycles. The van der Waals surface area contributed by atoms with Crippen molar-refractivity contribution in [3.8, 4) is 11.4 Å². The summed E-state index contributed by atoms with van der Waals surface area (Å²) in [4.78, 5) is 0.764. The van der Waals surface area contributed by atoms with E-state index in [2.05, 4.69) is 25.6 Å². The van der Waals surface area contributed by atoms with Crippen molar-refractivity contribution >= 4 is 16.3 Å². The second-order valence-electron chi connectivity index (χ2n) is 5.10. The fourth-order valence-electron chi connectivity index (χ4n) is 2.35. The molecule has 0 aliphatic carbocycles. The number of hydrogen-bond donors (Lipinski definition) is 0. The fraction of sp³-hybridized carbons (Fsp3) is 0.308. The van der Waals surface area contributed by atoms with Crippen molar-refractivity contribution in [2.24, 2.45) is 7.05 Å². The largest absolute Gasteiger partial charge is 0.361 e. The van der Waals surface area contributed by atoms with Crippen LogP contribution in [0.4, 0.5) is 0 Å². The SMILES string of the molecule is Cc1noc(C)c1Cc1nn2c(-c3cnn(C)c3)nnc2s1. The van der Waals surface area contributed by atoms with Crippen LogP contribution in [0.3, 0.4) is 0 Å². The Morgan fingerprint density at radius 2 is 2.14 bits per heavy atom. The second-order valence-corrected chi connectivity index (χ2v) is 6.14. The fourth-order valence-corrected chi connectivity index (χ4v) is 3.20. The zero-order valence-electron chi connectivity index (χ0n) is 12.3. The van der Waals surface area contributed by atoms with Crippen LogP contribution in [0.15, 0.2) is 16.9 Å². The molecule has 0 aliphatic heterocycles. The smallest absolute Gasteiger partial charge is 0.234 e. The number of fused-ring (bicyclic) bond motifs is 1. The highest BCUT2D eigenvalue weighted by atomic mass is 32.1. The molecule has 0 radical (unpaired) electrons. The summed E-state index contributed by atoms with van der Waals surface area (Å²) in [6.45, 7) is 3.85. The molecule has 0 aliphatic rings. The van der Waals surface area contributed by atoms with Crippen LogP contribution < -0.4 is 0 Å². The van der Waals surface area contributed by atoms with Gasteiger partial charge in [0.1, 0.15) is 10.8 Å². The van der Waals surface area contributed by atoms with Crippen LogP contribution in [-0.4, -0.2) is 34.7 Å². The van der Waals surface area contributed by atoms with Crippen molar-refractivity contribution in [3.05, 3.63) is 34.4 Å². The van der Waals surface area contributed by atoms with Gasteiger partial charge in [0.05, 0.1) is 17.5 Å². The Morgan fingerprint density at radius 1 is 1.27 bits per heavy atom. The van der Waals surface area contributed by atoms with Crippen molar-refractivity contribution in [1.82, 2.24) is 34.7 Å². The lowest BCUT2D eigenvalue weighted by Gasteiger charge is -1.95. The van der Waals surface area contributed by atoms with Crippen molar-refractivity contribution in [2.75, 3.05) is 0 Å². The average molecular weight is 315 g/mol. The van der Waals surface area contributed by atoms with Gasteiger partial charge in [-0.15, -0.1) is 10.2 Å². The molecular formula is C13H13N7OS. The van der Waals surface area contributed by atoms with Gasteiger partial charge >= 0.3 is 0 Å². The highest BCUT2D eigenvalue weighted by Gasteiger charge is 2.17. The first-order valence-electron chi connectivity index (χ1n) is 6.73. The van der Waals surface area contributed by atoms with Crippen molar-refractivity contribution < 1.29 is 4.52 Å². The summed E-state index contributed by atoms with van der Waals surface area (Å²) in [7, 11) is 1.87. The maximum Gasteiger partial charge on any atom is 0.234 e. The van der Waals surface area contributed by atoms with Crippen molar-refractivity contribution in [1.29, 1.82) is 0 Å². The van der Waals surface area contributed by atoms with E-state index in [1.54, 1.807) is 15.4 Å². The first kappa shape index (κ1) is 13.1. The summed E-state index contributed by atoms with van der Waals surface area (Å²) in [5.74, 6) is 1.53. The van der Waals surface area contributed by atoms with E-state index in [4.69, 9.17) is 4.52 Å². The molecule has 0 spiro atoms. The molecule has 0 bridgehead atoms. The summed E-state index contributed by atoms with van der Waals surface area (Å²) in [6, 6.07) is 0. The minimum Gasteiger partial charge on any atom is -0.361 e. The summed E-state index contributed by atoms with van der Waals surface area (Å²) in [5.41, 5.74) is 2.87. The zero-order chi connectivity index (χ0) is 15.3. The van der Waals surface area contributed by atoms with Gasteiger partial charge in [-0.25, -0.2) is 0 Å². The standard InChI is InChI=1S/C13H13N7OS/c1-7-10(8(2)21-18-7)4-11-17-20-12(15-16-13(20)22-11)9-5-14-19(3)6-9/h5-6H,4H2,1-3H3. The summed E-state index contributed by atoms with van der Waals surface area (Å²) in [6.07, 6.45) is 4.33. The van der Waals surface area contributed by atoms with Gasteiger partial charge in [0, 0.05) is 25.2 Å². The van der Waals surface area contributed by atoms with Crippen molar-refractivity contribution in [3.63, 3.8) is 0 Å². The molecule has 0 saturated carbocycles. The van der Waals surface area contributed by atoms with E-state index >= 15 is 0 Å². The monoisotopic (exact) mass is 315 g/mol. The van der Waals surface area contributed by atoms with E-state index in [0.29, 0.717) is 12.2 Å². The lowest BCUT2D eigenvalue weighted by molar-refractivity contribution is 0.392. The van der Waals surface area contributed by atoms with E-state index in [9.17, 15) is 0 Å². The molecule has 9 heteroatoms. The van der Waals surface area contributed by atoms with Crippen LogP contribution in [0.1, 0.15) is 22.0 Å². The third-order valence-corrected chi connectivity index (χ3v) is 4.40. The highest BCUT2D eigenvalue weighted by molar-refractivity contribution is 7.16. The summed E-state index contributed by atoms with van der Waals surface area (Å²) >= 11 is 1.52. The third-order valence-electron chi connectivity index (χ3n) is 3.51. The zero-order valence-corrected chi connectivity index (χ0v) is 13.1. The number of aryl methyl sites for hydroxylation is 3. The van der Waals surface area contributed by atoms with E-state index < -0.39 is 0 Å². The maximum atomic E-state index is 5.20. The molecule has 0 N–H and O–H groups in total. The molecule has 0 amide bonds. The van der Waals surface area contributed by atoms with Gasteiger partial charge < -0.3 is 4.52 Å². The van der Waals surface area contributed by atoms with E-state index in [1.807, 2.05) is 27.1 Å². The van der Waals surface area contributed by atoms with Gasteiger partial charge in [0.15, 0.2) is 5.82 Å². The van der Waals surface area contributed by atoms with E-state index in [0.717, 1.165) is 32.5 Å². The lowest BCUT2D eigenvalue weighted by Crippen LogP contribution is -1.94. The van der Waals surface area contributed by atoms with Gasteiger partial charge in [-0.3, -0.25) is 4.68 Å². The van der Waals surface area contributed by atoms with Gasteiger partial charge in [0.25, 0.3) is 0 Å².